The normalized spacial score (nSPS) is 13.2. The average Bonchev–Trinajstić information content (AvgIpc) is 3.23. The Kier molecular flexibility index (Phi) is 45.1. The zero-order valence-electron chi connectivity index (χ0n) is 37.3. The SMILES string of the molecule is CC/C=C\C/C=C\C/C=C\C/C=C\C/C=C\C/C=C\CCCCCCCCCCCCC(=O)OC(CO)COC(=O)CCCCCCC/C=C\C/C=C\C/C=C\CC. The molecule has 0 fully saturated rings. The number of esters is 2. The summed E-state index contributed by atoms with van der Waals surface area (Å²) in [5.41, 5.74) is 0. The Morgan fingerprint density at radius 2 is 0.690 bits per heavy atom. The largest absolute Gasteiger partial charge is 0.462 e. The van der Waals surface area contributed by atoms with E-state index < -0.39 is 6.10 Å². The van der Waals surface area contributed by atoms with Crippen LogP contribution in [0.1, 0.15) is 194 Å². The Hall–Kier alpha value is -3.44. The van der Waals surface area contributed by atoms with E-state index in [1.54, 1.807) is 0 Å². The Morgan fingerprint density at radius 1 is 0.397 bits per heavy atom. The van der Waals surface area contributed by atoms with Gasteiger partial charge >= 0.3 is 11.9 Å². The number of allylic oxidation sites excluding steroid dienone is 18. The van der Waals surface area contributed by atoms with E-state index in [4.69, 9.17) is 9.47 Å². The first-order valence-corrected chi connectivity index (χ1v) is 23.4. The molecule has 0 aliphatic carbocycles. The van der Waals surface area contributed by atoms with Gasteiger partial charge in [-0.25, -0.2) is 0 Å². The zero-order valence-corrected chi connectivity index (χ0v) is 37.3. The predicted molar refractivity (Wildman–Crippen MR) is 251 cm³/mol. The minimum Gasteiger partial charge on any atom is -0.462 e. The highest BCUT2D eigenvalue weighted by Gasteiger charge is 2.16. The van der Waals surface area contributed by atoms with Crippen molar-refractivity contribution in [2.24, 2.45) is 0 Å². The number of rotatable bonds is 41. The maximum atomic E-state index is 12.2. The maximum Gasteiger partial charge on any atom is 0.306 e. The van der Waals surface area contributed by atoms with Gasteiger partial charge in [0, 0.05) is 12.8 Å². The van der Waals surface area contributed by atoms with Crippen LogP contribution < -0.4 is 0 Å². The van der Waals surface area contributed by atoms with E-state index in [0.29, 0.717) is 12.8 Å². The molecule has 1 atom stereocenters. The second kappa shape index (κ2) is 47.9. The zero-order chi connectivity index (χ0) is 42.1. The van der Waals surface area contributed by atoms with Crippen molar-refractivity contribution >= 4 is 11.9 Å². The van der Waals surface area contributed by atoms with E-state index in [9.17, 15) is 14.7 Å². The smallest absolute Gasteiger partial charge is 0.306 e. The van der Waals surface area contributed by atoms with Crippen LogP contribution in [0, 0.1) is 0 Å². The molecule has 5 heteroatoms. The number of unbranched alkanes of at least 4 members (excludes halogenated alkanes) is 15. The molecule has 0 aromatic carbocycles. The first-order chi connectivity index (χ1) is 28.6. The van der Waals surface area contributed by atoms with Crippen molar-refractivity contribution in [3.05, 3.63) is 109 Å². The molecule has 0 aliphatic heterocycles. The molecule has 0 bridgehead atoms. The lowest BCUT2D eigenvalue weighted by molar-refractivity contribution is -0.161. The van der Waals surface area contributed by atoms with Crippen molar-refractivity contribution in [3.63, 3.8) is 0 Å². The summed E-state index contributed by atoms with van der Waals surface area (Å²) in [5.74, 6) is -0.623. The van der Waals surface area contributed by atoms with Gasteiger partial charge in [0.1, 0.15) is 6.61 Å². The monoisotopic (exact) mass is 803 g/mol. The molecule has 0 saturated carbocycles. The van der Waals surface area contributed by atoms with E-state index >= 15 is 0 Å². The minimum absolute atomic E-state index is 0.0828. The van der Waals surface area contributed by atoms with E-state index in [-0.39, 0.29) is 25.2 Å². The fraction of sp³-hybridized carbons (Fsp3) is 0.623. The first kappa shape index (κ1) is 54.6. The highest BCUT2D eigenvalue weighted by Crippen LogP contribution is 2.13. The molecule has 1 unspecified atom stereocenters. The third-order valence-electron chi connectivity index (χ3n) is 9.56. The van der Waals surface area contributed by atoms with Crippen molar-refractivity contribution in [3.8, 4) is 0 Å². The lowest BCUT2D eigenvalue weighted by Gasteiger charge is -2.15. The highest BCUT2D eigenvalue weighted by molar-refractivity contribution is 5.70. The van der Waals surface area contributed by atoms with Gasteiger partial charge in [-0.3, -0.25) is 9.59 Å². The Balaban J connectivity index is 3.59. The summed E-state index contributed by atoms with van der Waals surface area (Å²) in [5, 5.41) is 9.60. The second-order valence-electron chi connectivity index (χ2n) is 15.1. The summed E-state index contributed by atoms with van der Waals surface area (Å²) in [6, 6.07) is 0. The highest BCUT2D eigenvalue weighted by atomic mass is 16.6. The quantitative estimate of drug-likeness (QED) is 0.0379. The number of carbonyl (C=O) groups is 2. The number of hydrogen-bond donors (Lipinski definition) is 1. The Labute approximate surface area is 357 Å². The predicted octanol–water partition coefficient (Wildman–Crippen LogP) is 15.4. The first-order valence-electron chi connectivity index (χ1n) is 23.4. The molecule has 0 aliphatic rings. The number of ether oxygens (including phenoxy) is 2. The Morgan fingerprint density at radius 3 is 1.03 bits per heavy atom. The van der Waals surface area contributed by atoms with Crippen molar-refractivity contribution < 1.29 is 24.2 Å². The fourth-order valence-corrected chi connectivity index (χ4v) is 6.10. The molecule has 0 amide bonds. The van der Waals surface area contributed by atoms with Gasteiger partial charge < -0.3 is 14.6 Å². The van der Waals surface area contributed by atoms with Crippen molar-refractivity contribution in [2.75, 3.05) is 13.2 Å². The van der Waals surface area contributed by atoms with Crippen LogP contribution in [0.15, 0.2) is 109 Å². The van der Waals surface area contributed by atoms with Gasteiger partial charge in [-0.05, 0) is 96.3 Å². The van der Waals surface area contributed by atoms with Gasteiger partial charge in [-0.1, -0.05) is 194 Å². The summed E-state index contributed by atoms with van der Waals surface area (Å²) in [6.07, 6.45) is 68.8. The van der Waals surface area contributed by atoms with Crippen LogP contribution >= 0.6 is 0 Å². The lowest BCUT2D eigenvalue weighted by Crippen LogP contribution is -2.28. The van der Waals surface area contributed by atoms with Crippen LogP contribution in [0.5, 0.6) is 0 Å². The van der Waals surface area contributed by atoms with Crippen LogP contribution in [-0.4, -0.2) is 36.4 Å². The number of aliphatic hydroxyl groups excluding tert-OH is 1. The summed E-state index contributed by atoms with van der Waals surface area (Å²) < 4.78 is 10.6. The van der Waals surface area contributed by atoms with Crippen molar-refractivity contribution in [1.82, 2.24) is 0 Å². The number of hydrogen-bond acceptors (Lipinski definition) is 5. The van der Waals surface area contributed by atoms with E-state index in [1.165, 1.54) is 57.8 Å². The van der Waals surface area contributed by atoms with Gasteiger partial charge in [0.2, 0.25) is 0 Å². The van der Waals surface area contributed by atoms with Gasteiger partial charge in [0.15, 0.2) is 6.10 Å². The van der Waals surface area contributed by atoms with E-state index in [2.05, 4.69) is 123 Å². The summed E-state index contributed by atoms with van der Waals surface area (Å²) >= 11 is 0. The van der Waals surface area contributed by atoms with Crippen LogP contribution in [0.3, 0.4) is 0 Å². The molecule has 0 saturated heterocycles. The van der Waals surface area contributed by atoms with Crippen LogP contribution in [0.2, 0.25) is 0 Å². The second-order valence-corrected chi connectivity index (χ2v) is 15.1. The minimum atomic E-state index is -0.788. The van der Waals surface area contributed by atoms with Crippen molar-refractivity contribution in [2.45, 2.75) is 200 Å². The molecule has 0 aromatic heterocycles. The molecule has 0 aromatic rings. The molecule has 1 N–H and O–H groups in total. The number of aliphatic hydroxyl groups is 1. The number of carbonyl (C=O) groups excluding carboxylic acids is 2. The van der Waals surface area contributed by atoms with Crippen LogP contribution in [0.4, 0.5) is 0 Å². The molecule has 0 rings (SSSR count). The molecular formula is C53H86O5. The topological polar surface area (TPSA) is 72.8 Å². The Bertz CT molecular complexity index is 1180. The van der Waals surface area contributed by atoms with Gasteiger partial charge in [0.25, 0.3) is 0 Å². The van der Waals surface area contributed by atoms with Gasteiger partial charge in [0.05, 0.1) is 6.61 Å². The molecule has 5 nitrogen and oxygen atoms in total. The molecule has 0 radical (unpaired) electrons. The van der Waals surface area contributed by atoms with Gasteiger partial charge in [-0.15, -0.1) is 0 Å². The summed E-state index contributed by atoms with van der Waals surface area (Å²) in [4.78, 5) is 24.4. The van der Waals surface area contributed by atoms with Crippen LogP contribution in [0.25, 0.3) is 0 Å². The molecule has 0 spiro atoms. The lowest BCUT2D eigenvalue weighted by atomic mass is 10.0. The summed E-state index contributed by atoms with van der Waals surface area (Å²) in [6.45, 7) is 3.88. The standard InChI is InChI=1S/C53H86O5/c1-3-5-7-9-11-13-15-17-19-20-21-22-23-24-25-26-27-28-29-30-31-32-34-36-38-40-42-44-46-48-53(56)58-51(49-54)50-57-52(55)47-45-43-41-39-37-35-33-18-16-14-12-10-8-6-4-2/h5-8,11-14,17-19,21-22,24-25,27-28,33,51,54H,3-4,9-10,15-16,20,23,26,29-32,34-50H2,1-2H3/b7-5-,8-6-,13-11-,14-12-,19-17-,22-21-,25-24-,28-27-,33-18-. The van der Waals surface area contributed by atoms with E-state index in [1.807, 2.05) is 0 Å². The fourth-order valence-electron chi connectivity index (χ4n) is 6.10. The molecule has 0 heterocycles. The van der Waals surface area contributed by atoms with Gasteiger partial charge in [-0.2, -0.15) is 0 Å². The maximum absolute atomic E-state index is 12.2. The molecule has 58 heavy (non-hydrogen) atoms. The van der Waals surface area contributed by atoms with Crippen molar-refractivity contribution in [1.29, 1.82) is 0 Å². The molecule has 328 valence electrons. The van der Waals surface area contributed by atoms with E-state index in [0.717, 1.165) is 109 Å². The third-order valence-corrected chi connectivity index (χ3v) is 9.56. The van der Waals surface area contributed by atoms with Crippen LogP contribution in [-0.2, 0) is 19.1 Å². The molecular weight excluding hydrogens is 717 g/mol. The summed E-state index contributed by atoms with van der Waals surface area (Å²) in [7, 11) is 0. The average molecular weight is 803 g/mol. The third kappa shape index (κ3) is 45.3.